The molecule has 6 aliphatic rings. The Morgan fingerprint density at radius 3 is 2.30 bits per heavy atom. The van der Waals surface area contributed by atoms with Crippen LogP contribution in [0.15, 0.2) is 6.07 Å². The maximum absolute atomic E-state index is 13.2. The number of ketones is 1. The third-order valence-electron chi connectivity index (χ3n) is 12.7. The van der Waals surface area contributed by atoms with Crippen molar-refractivity contribution in [1.29, 1.82) is 0 Å². The summed E-state index contributed by atoms with van der Waals surface area (Å²) in [7, 11) is 2.91. The molecule has 1 aliphatic carbocycles. The summed E-state index contributed by atoms with van der Waals surface area (Å²) in [4.78, 5) is 24.9. The second-order valence-corrected chi connectivity index (χ2v) is 17.3. The minimum atomic E-state index is -2.07. The zero-order valence-electron chi connectivity index (χ0n) is 33.2. The summed E-state index contributed by atoms with van der Waals surface area (Å²) in [5.41, 5.74) is -2.96. The van der Waals surface area contributed by atoms with E-state index in [1.54, 1.807) is 20.8 Å². The molecule has 2 aromatic carbocycles. The fourth-order valence-electron chi connectivity index (χ4n) is 10.1. The quantitative estimate of drug-likeness (QED) is 0.210. The van der Waals surface area contributed by atoms with Crippen LogP contribution in [-0.2, 0) is 49.1 Å². The van der Waals surface area contributed by atoms with Gasteiger partial charge in [0.1, 0.15) is 41.7 Å². The zero-order chi connectivity index (χ0) is 41.2. The molecule has 5 aliphatic heterocycles. The minimum absolute atomic E-state index is 0.0334. The van der Waals surface area contributed by atoms with Crippen LogP contribution in [0.4, 0.5) is 0 Å². The average molecular weight is 868 g/mol. The number of methoxy groups -OCH3 is 2. The van der Waals surface area contributed by atoms with Gasteiger partial charge in [0, 0.05) is 55.1 Å². The number of fused-ring (bicyclic) bond motifs is 6. The van der Waals surface area contributed by atoms with Crippen molar-refractivity contribution in [3.8, 4) is 17.2 Å². The Hall–Kier alpha value is -2.68. The molecule has 314 valence electrons. The fraction of sp³-hybridized carbons (Fsp3) is 0.700. The van der Waals surface area contributed by atoms with Crippen molar-refractivity contribution < 1.29 is 77.4 Å². The number of rotatable bonds is 9. The highest BCUT2D eigenvalue weighted by Crippen LogP contribution is 2.67. The number of esters is 1. The Morgan fingerprint density at radius 2 is 1.67 bits per heavy atom. The van der Waals surface area contributed by atoms with E-state index in [2.05, 4.69) is 15.9 Å². The highest BCUT2D eigenvalue weighted by atomic mass is 79.9. The van der Waals surface area contributed by atoms with E-state index in [1.807, 2.05) is 13.0 Å². The summed E-state index contributed by atoms with van der Waals surface area (Å²) >= 11 is 3.46. The number of carbonyl (C=O) groups excluding carboxylic acids is 2. The summed E-state index contributed by atoms with van der Waals surface area (Å²) in [6, 6.07) is 1.86. The number of aryl methyl sites for hydroxylation is 1. The number of hydrogen-bond donors (Lipinski definition) is 4. The number of aliphatic hydroxyl groups is 3. The van der Waals surface area contributed by atoms with E-state index in [9.17, 15) is 30.0 Å². The molecule has 57 heavy (non-hydrogen) atoms. The Labute approximate surface area is 338 Å². The van der Waals surface area contributed by atoms with Gasteiger partial charge in [-0.05, 0) is 59.1 Å². The van der Waals surface area contributed by atoms with E-state index >= 15 is 0 Å². The van der Waals surface area contributed by atoms with Gasteiger partial charge in [-0.25, -0.2) is 0 Å². The van der Waals surface area contributed by atoms with Crippen molar-refractivity contribution in [3.63, 3.8) is 0 Å². The molecular weight excluding hydrogens is 816 g/mol. The smallest absolute Gasteiger partial charge is 0.303 e. The van der Waals surface area contributed by atoms with Gasteiger partial charge in [-0.3, -0.25) is 9.59 Å². The predicted octanol–water partition coefficient (Wildman–Crippen LogP) is 3.51. The number of Topliss-reactive ketones (excluding diaryl/α,β-unsaturated/α-hetero) is 1. The molecule has 13 atom stereocenters. The van der Waals surface area contributed by atoms with Crippen LogP contribution in [-0.4, -0.2) is 130 Å². The summed E-state index contributed by atoms with van der Waals surface area (Å²) in [6.45, 7) is 9.23. The number of phenols is 1. The van der Waals surface area contributed by atoms with Gasteiger partial charge in [0.05, 0.1) is 35.9 Å². The summed E-state index contributed by atoms with van der Waals surface area (Å²) < 4.78 is 62.0. The van der Waals surface area contributed by atoms with Crippen LogP contribution in [0.1, 0.15) is 93.5 Å². The summed E-state index contributed by atoms with van der Waals surface area (Å²) in [5, 5.41) is 48.0. The van der Waals surface area contributed by atoms with Gasteiger partial charge in [0.2, 0.25) is 5.79 Å². The van der Waals surface area contributed by atoms with Crippen molar-refractivity contribution >= 4 is 38.5 Å². The van der Waals surface area contributed by atoms with E-state index in [1.165, 1.54) is 28.1 Å². The standard InChI is InChI=1S/C40H51BrO16/c1-17-12-22-28(29(44)27-21(30(22)48-7)10-9-11-23(27)43)31-26(17)32-35-40(49-8,56-31)38(47,15-41)39(55-32,57-35)16-50-24-13-36(5,45)34(19(3)51-24)54-25-14-37(6,46)33(18(2)52-25)53-20(4)42/h12,18-19,24-25,32-35,44-47H,9-11,13-16H2,1-8H3/t18?,19?,24?,25?,32?,33?,34?,35?,36?,37?,38-,39?,40-/m1/s1. The summed E-state index contributed by atoms with van der Waals surface area (Å²) in [5.74, 6) is -4.12. The lowest BCUT2D eigenvalue weighted by Crippen LogP contribution is -2.75. The maximum atomic E-state index is 13.2. The number of ether oxygens (including phenoxy) is 10. The predicted molar refractivity (Wildman–Crippen MR) is 200 cm³/mol. The molecule has 2 aromatic rings. The van der Waals surface area contributed by atoms with Gasteiger partial charge < -0.3 is 67.8 Å². The molecule has 2 bridgehead atoms. The SMILES string of the molecule is COc1c2c(c(O)c3c4c(c(C)cc13)C1OC3(COC5CC(C)(O)C(OC6CC(C)(O)C(OC(C)=O)C(C)O6)C(C)O5)OC1[C@@](OC)(O4)[C@@]3(O)CBr)C(=O)CCC2. The van der Waals surface area contributed by atoms with Gasteiger partial charge in [-0.1, -0.05) is 15.9 Å². The first-order valence-electron chi connectivity index (χ1n) is 19.3. The van der Waals surface area contributed by atoms with Crippen LogP contribution in [0.3, 0.4) is 0 Å². The van der Waals surface area contributed by atoms with Crippen molar-refractivity contribution in [2.24, 2.45) is 0 Å². The van der Waals surface area contributed by atoms with Crippen molar-refractivity contribution in [1.82, 2.24) is 0 Å². The van der Waals surface area contributed by atoms with E-state index < -0.39 is 83.6 Å². The third-order valence-corrected chi connectivity index (χ3v) is 13.5. The number of carbonyl (C=O) groups is 2. The lowest BCUT2D eigenvalue weighted by molar-refractivity contribution is -0.369. The lowest BCUT2D eigenvalue weighted by atomic mass is 9.76. The highest BCUT2D eigenvalue weighted by Gasteiger charge is 2.85. The molecule has 5 heterocycles. The second-order valence-electron chi connectivity index (χ2n) is 16.7. The van der Waals surface area contributed by atoms with Crippen LogP contribution < -0.4 is 9.47 Å². The molecule has 8 rings (SSSR count). The number of phenolic OH excluding ortho intramolecular Hbond substituents is 1. The van der Waals surface area contributed by atoms with Gasteiger partial charge in [-0.2, -0.15) is 0 Å². The van der Waals surface area contributed by atoms with Crippen molar-refractivity contribution in [2.75, 3.05) is 26.2 Å². The summed E-state index contributed by atoms with van der Waals surface area (Å²) in [6.07, 6.45) is -5.77. The molecule has 16 nitrogen and oxygen atoms in total. The largest absolute Gasteiger partial charge is 0.506 e. The molecule has 11 unspecified atom stereocenters. The first kappa shape index (κ1) is 41.1. The Kier molecular flexibility index (Phi) is 10.0. The fourth-order valence-corrected chi connectivity index (χ4v) is 10.9. The second kappa shape index (κ2) is 13.9. The molecule has 0 amide bonds. The van der Waals surface area contributed by atoms with E-state index in [0.29, 0.717) is 35.1 Å². The maximum Gasteiger partial charge on any atom is 0.303 e. The third kappa shape index (κ3) is 5.90. The minimum Gasteiger partial charge on any atom is -0.506 e. The number of alkyl halides is 1. The lowest BCUT2D eigenvalue weighted by Gasteiger charge is -2.53. The van der Waals surface area contributed by atoms with Gasteiger partial charge in [0.25, 0.3) is 5.79 Å². The monoisotopic (exact) mass is 866 g/mol. The number of benzene rings is 2. The molecule has 0 radical (unpaired) electrons. The normalized spacial score (nSPS) is 42.1. The Balaban J connectivity index is 1.06. The van der Waals surface area contributed by atoms with Gasteiger partial charge in [-0.15, -0.1) is 0 Å². The molecule has 17 heteroatoms. The van der Waals surface area contributed by atoms with E-state index in [4.69, 9.17) is 47.4 Å². The number of aromatic hydroxyl groups is 1. The molecule has 0 saturated carbocycles. The van der Waals surface area contributed by atoms with Gasteiger partial charge in [0.15, 0.2) is 36.2 Å². The van der Waals surface area contributed by atoms with Crippen molar-refractivity contribution in [2.45, 2.75) is 151 Å². The first-order valence-corrected chi connectivity index (χ1v) is 20.4. The van der Waals surface area contributed by atoms with Crippen molar-refractivity contribution in [3.05, 3.63) is 28.3 Å². The molecule has 0 spiro atoms. The number of halogens is 1. The van der Waals surface area contributed by atoms with E-state index in [0.717, 1.165) is 5.56 Å². The molecule has 4 fully saturated rings. The van der Waals surface area contributed by atoms with Gasteiger partial charge >= 0.3 is 5.97 Å². The van der Waals surface area contributed by atoms with Crippen LogP contribution in [0.5, 0.6) is 17.2 Å². The van der Waals surface area contributed by atoms with E-state index in [-0.39, 0.29) is 59.4 Å². The molecule has 4 saturated heterocycles. The van der Waals surface area contributed by atoms with Crippen LogP contribution in [0.25, 0.3) is 10.8 Å². The molecular formula is C40H51BrO16. The molecule has 0 aromatic heterocycles. The topological polar surface area (TPSA) is 207 Å². The Bertz CT molecular complexity index is 1990. The highest BCUT2D eigenvalue weighted by molar-refractivity contribution is 9.09. The van der Waals surface area contributed by atoms with Crippen LogP contribution in [0, 0.1) is 6.92 Å². The Morgan fingerprint density at radius 1 is 1.00 bits per heavy atom. The first-order chi connectivity index (χ1) is 26.8. The zero-order valence-corrected chi connectivity index (χ0v) is 34.8. The average Bonchev–Trinajstić information content (AvgIpc) is 3.63. The number of hydrogen-bond acceptors (Lipinski definition) is 16. The van der Waals surface area contributed by atoms with Crippen LogP contribution in [0.2, 0.25) is 0 Å². The van der Waals surface area contributed by atoms with Crippen LogP contribution >= 0.6 is 15.9 Å². The molecule has 4 N–H and O–H groups in total.